The summed E-state index contributed by atoms with van der Waals surface area (Å²) in [6, 6.07) is 5.09. The highest BCUT2D eigenvalue weighted by molar-refractivity contribution is 6.00. The number of aliphatic hydroxyl groups is 7. The molecule has 3 heterocycles. The van der Waals surface area contributed by atoms with Crippen LogP contribution in [0.4, 0.5) is 0 Å². The predicted molar refractivity (Wildman–Crippen MR) is 142 cm³/mol. The molecule has 0 saturated carbocycles. The molecule has 2 aromatic carbocycles. The average Bonchev–Trinajstić information content (AvgIpc) is 2.97. The van der Waals surface area contributed by atoms with Crippen LogP contribution in [0.15, 0.2) is 18.2 Å². The fourth-order valence-electron chi connectivity index (χ4n) is 5.89. The van der Waals surface area contributed by atoms with Crippen molar-refractivity contribution in [2.24, 2.45) is 0 Å². The Kier molecular flexibility index (Phi) is 9.14. The third kappa shape index (κ3) is 5.42. The fourth-order valence-corrected chi connectivity index (χ4v) is 5.89. The van der Waals surface area contributed by atoms with Gasteiger partial charge in [0.15, 0.2) is 6.29 Å². The lowest BCUT2D eigenvalue weighted by Gasteiger charge is -2.43. The van der Waals surface area contributed by atoms with Gasteiger partial charge in [0, 0.05) is 22.9 Å². The van der Waals surface area contributed by atoms with Crippen molar-refractivity contribution >= 4 is 10.8 Å². The molecule has 0 amide bonds. The highest BCUT2D eigenvalue weighted by Crippen LogP contribution is 2.50. The average molecular weight is 599 g/mol. The van der Waals surface area contributed by atoms with Crippen molar-refractivity contribution in [1.82, 2.24) is 0 Å². The first-order chi connectivity index (χ1) is 20.0. The zero-order chi connectivity index (χ0) is 30.5. The number of benzene rings is 2. The topological polar surface area (TPSA) is 217 Å². The number of ether oxygens (including phenoxy) is 6. The van der Waals surface area contributed by atoms with E-state index in [1.165, 1.54) is 7.11 Å². The number of hydrogen-bond donors (Lipinski definition) is 8. The summed E-state index contributed by atoms with van der Waals surface area (Å²) in [4.78, 5) is 0. The van der Waals surface area contributed by atoms with Crippen molar-refractivity contribution in [2.45, 2.75) is 93.9 Å². The molecule has 14 heteroatoms. The molecule has 2 fully saturated rings. The molecule has 2 aromatic rings. The van der Waals surface area contributed by atoms with Crippen molar-refractivity contribution in [3.05, 3.63) is 29.3 Å². The maximum absolute atomic E-state index is 11.3. The normalized spacial score (nSPS) is 38.7. The zero-order valence-corrected chi connectivity index (χ0v) is 23.3. The molecule has 3 aliphatic rings. The number of aliphatic hydroxyl groups excluding tert-OH is 7. The molecule has 0 aliphatic carbocycles. The van der Waals surface area contributed by atoms with E-state index in [1.807, 2.05) is 6.92 Å². The summed E-state index contributed by atoms with van der Waals surface area (Å²) in [6.45, 7) is 2.50. The van der Waals surface area contributed by atoms with Gasteiger partial charge < -0.3 is 69.3 Å². The Morgan fingerprint density at radius 2 is 1.48 bits per heavy atom. The Morgan fingerprint density at radius 1 is 0.833 bits per heavy atom. The molecule has 42 heavy (non-hydrogen) atoms. The van der Waals surface area contributed by atoms with Crippen LogP contribution >= 0.6 is 0 Å². The van der Waals surface area contributed by atoms with Crippen molar-refractivity contribution in [2.75, 3.05) is 20.3 Å². The van der Waals surface area contributed by atoms with Gasteiger partial charge in [-0.25, -0.2) is 0 Å². The van der Waals surface area contributed by atoms with Gasteiger partial charge in [0.25, 0.3) is 0 Å². The molecule has 234 valence electrons. The highest BCUT2D eigenvalue weighted by Gasteiger charge is 2.48. The first-order valence-corrected chi connectivity index (χ1v) is 13.8. The number of rotatable bonds is 7. The quantitative estimate of drug-likeness (QED) is 0.184. The van der Waals surface area contributed by atoms with E-state index in [2.05, 4.69) is 0 Å². The lowest BCUT2D eigenvalue weighted by molar-refractivity contribution is -0.323. The van der Waals surface area contributed by atoms with E-state index in [1.54, 1.807) is 25.1 Å². The van der Waals surface area contributed by atoms with Crippen LogP contribution in [0.5, 0.6) is 17.2 Å². The van der Waals surface area contributed by atoms with Crippen LogP contribution < -0.4 is 9.47 Å². The van der Waals surface area contributed by atoms with E-state index in [9.17, 15) is 40.9 Å². The van der Waals surface area contributed by atoms with E-state index >= 15 is 0 Å². The lowest BCUT2D eigenvalue weighted by Crippen LogP contribution is -2.62. The number of phenolic OH excluding ortho intramolecular Hbond substituents is 1. The highest BCUT2D eigenvalue weighted by atomic mass is 16.7. The third-order valence-corrected chi connectivity index (χ3v) is 8.09. The van der Waals surface area contributed by atoms with Crippen molar-refractivity contribution in [1.29, 1.82) is 0 Å². The predicted octanol–water partition coefficient (Wildman–Crippen LogP) is -1.42. The molecule has 2 unspecified atom stereocenters. The van der Waals surface area contributed by atoms with Gasteiger partial charge in [-0.05, 0) is 19.9 Å². The molecular formula is C28H38O14. The van der Waals surface area contributed by atoms with Gasteiger partial charge in [-0.1, -0.05) is 12.1 Å². The lowest BCUT2D eigenvalue weighted by atomic mass is 9.89. The Morgan fingerprint density at radius 3 is 2.14 bits per heavy atom. The third-order valence-electron chi connectivity index (χ3n) is 8.09. The monoisotopic (exact) mass is 598 g/mol. The number of methoxy groups -OCH3 is 1. The Bertz CT molecular complexity index is 1260. The second kappa shape index (κ2) is 12.3. The fraction of sp³-hybridized carbons (Fsp3) is 0.643. The van der Waals surface area contributed by atoms with Crippen LogP contribution in [0.3, 0.4) is 0 Å². The van der Waals surface area contributed by atoms with E-state index in [-0.39, 0.29) is 17.6 Å². The van der Waals surface area contributed by atoms with Gasteiger partial charge >= 0.3 is 0 Å². The molecule has 0 bridgehead atoms. The van der Waals surface area contributed by atoms with E-state index in [0.29, 0.717) is 34.1 Å². The minimum atomic E-state index is -1.73. The molecule has 8 N–H and O–H groups in total. The molecule has 14 nitrogen and oxygen atoms in total. The van der Waals surface area contributed by atoms with E-state index in [4.69, 9.17) is 28.4 Å². The minimum absolute atomic E-state index is 0.0319. The standard InChI is InChI=1S/C28H38O14/c1-10-7-13-17(11(2)39-10)21(32)18-12(5-4-6-14(18)37-3)26(13)42-28-25(36)23(34)20(31)16(41-28)9-38-27-24(35)22(33)19(30)15(8-29)40-27/h4-6,10-11,15-16,19-20,22-25,27-36H,7-9H2,1-3H3/t10?,11?,15-,16-,19-,20-,22+,23+,24-,25-,27-,28+/m1/s1. The van der Waals surface area contributed by atoms with Gasteiger partial charge in [-0.3, -0.25) is 0 Å². The second-order valence-corrected chi connectivity index (χ2v) is 10.9. The number of fused-ring (bicyclic) bond motifs is 2. The number of hydrogen-bond acceptors (Lipinski definition) is 14. The first-order valence-electron chi connectivity index (χ1n) is 13.8. The van der Waals surface area contributed by atoms with Crippen LogP contribution in [0.25, 0.3) is 10.8 Å². The van der Waals surface area contributed by atoms with Crippen molar-refractivity contribution in [3.8, 4) is 17.2 Å². The molecule has 12 atom stereocenters. The van der Waals surface area contributed by atoms with Crippen LogP contribution in [-0.4, -0.2) is 129 Å². The molecule has 2 saturated heterocycles. The van der Waals surface area contributed by atoms with Crippen LogP contribution in [0, 0.1) is 0 Å². The molecule has 0 radical (unpaired) electrons. The maximum Gasteiger partial charge on any atom is 0.229 e. The van der Waals surface area contributed by atoms with Gasteiger partial charge in [-0.15, -0.1) is 0 Å². The van der Waals surface area contributed by atoms with Gasteiger partial charge in [-0.2, -0.15) is 0 Å². The summed E-state index contributed by atoms with van der Waals surface area (Å²) < 4.78 is 34.4. The summed E-state index contributed by atoms with van der Waals surface area (Å²) in [5.74, 6) is 0.602. The van der Waals surface area contributed by atoms with E-state index < -0.39 is 80.7 Å². The first kappa shape index (κ1) is 31.1. The van der Waals surface area contributed by atoms with Crippen molar-refractivity contribution in [3.63, 3.8) is 0 Å². The van der Waals surface area contributed by atoms with Crippen molar-refractivity contribution < 1.29 is 69.3 Å². The smallest absolute Gasteiger partial charge is 0.229 e. The summed E-state index contributed by atoms with van der Waals surface area (Å²) in [5.41, 5.74) is 1.10. The largest absolute Gasteiger partial charge is 0.507 e. The molecular weight excluding hydrogens is 560 g/mol. The van der Waals surface area contributed by atoms with Crippen LogP contribution in [0.2, 0.25) is 0 Å². The van der Waals surface area contributed by atoms with Gasteiger partial charge in [0.05, 0.1) is 37.9 Å². The molecule has 5 rings (SSSR count). The van der Waals surface area contributed by atoms with Crippen LogP contribution in [0.1, 0.15) is 31.1 Å². The van der Waals surface area contributed by atoms with E-state index in [0.717, 1.165) is 0 Å². The molecule has 3 aliphatic heterocycles. The minimum Gasteiger partial charge on any atom is -0.507 e. The summed E-state index contributed by atoms with van der Waals surface area (Å²) in [6.07, 6.45) is -16.0. The Hall–Kier alpha value is -2.34. The molecule has 0 aromatic heterocycles. The second-order valence-electron chi connectivity index (χ2n) is 10.9. The summed E-state index contributed by atoms with van der Waals surface area (Å²) in [7, 11) is 1.46. The number of phenols is 1. The Labute approximate surface area is 241 Å². The summed E-state index contributed by atoms with van der Waals surface area (Å²) >= 11 is 0. The summed E-state index contributed by atoms with van der Waals surface area (Å²) in [5, 5.41) is 84.0. The molecule has 0 spiro atoms. The Balaban J connectivity index is 1.45. The zero-order valence-electron chi connectivity index (χ0n) is 23.3. The number of aromatic hydroxyl groups is 1. The van der Waals surface area contributed by atoms with Crippen LogP contribution in [-0.2, 0) is 25.4 Å². The SMILES string of the molecule is COc1cccc2c(O[C@@H]3O[C@H](CO[C@@H]4O[C@H](CO)[C@@H](O)[C@H](O)[C@H]4O)[C@@H](O)[C@H](O)[C@H]3O)c3c(c(O)c12)C(C)OC(C)C3. The van der Waals surface area contributed by atoms with Gasteiger partial charge in [0.2, 0.25) is 6.29 Å². The van der Waals surface area contributed by atoms with Gasteiger partial charge in [0.1, 0.15) is 66.1 Å². The maximum atomic E-state index is 11.3.